The van der Waals surface area contributed by atoms with Gasteiger partial charge in [0.2, 0.25) is 0 Å². The molecule has 0 aliphatic carbocycles. The van der Waals surface area contributed by atoms with Gasteiger partial charge in [0.05, 0.1) is 13.2 Å². The second-order valence-corrected chi connectivity index (χ2v) is 9.48. The van der Waals surface area contributed by atoms with E-state index in [1.807, 2.05) is 0 Å². The molecule has 3 aromatic rings. The number of Topliss-reactive ketones (excluding diaryl/α,β-unsaturated/α-hetero) is 2. The van der Waals surface area contributed by atoms with Gasteiger partial charge in [-0.25, -0.2) is 9.59 Å². The number of carbonyl (C=O) groups excluding carboxylic acids is 4. The highest BCUT2D eigenvalue weighted by Crippen LogP contribution is 2.44. The summed E-state index contributed by atoms with van der Waals surface area (Å²) in [5.74, 6) is -4.15. The van der Waals surface area contributed by atoms with E-state index in [0.717, 1.165) is 0 Å². The van der Waals surface area contributed by atoms with Gasteiger partial charge in [-0.3, -0.25) is 9.59 Å². The summed E-state index contributed by atoms with van der Waals surface area (Å²) in [6.45, 7) is 3.22. The third-order valence-corrected chi connectivity index (χ3v) is 6.72. The molecule has 0 fully saturated rings. The first kappa shape index (κ1) is 28.8. The molecule has 0 saturated carbocycles. The average Bonchev–Trinajstić information content (AvgIpc) is 2.96. The monoisotopic (exact) mass is 577 g/mol. The number of rotatable bonds is 9. The van der Waals surface area contributed by atoms with Crippen molar-refractivity contribution in [1.29, 1.82) is 0 Å². The van der Waals surface area contributed by atoms with Crippen molar-refractivity contribution in [2.45, 2.75) is 19.8 Å². The maximum atomic E-state index is 14.2. The number of hydrogen-bond acceptors (Lipinski definition) is 7. The van der Waals surface area contributed by atoms with Crippen LogP contribution in [0, 0.1) is 0 Å². The lowest BCUT2D eigenvalue weighted by Crippen LogP contribution is -2.39. The molecule has 40 heavy (non-hydrogen) atoms. The maximum Gasteiger partial charge on any atom is 0.355 e. The summed E-state index contributed by atoms with van der Waals surface area (Å²) >= 11 is 12.9. The van der Waals surface area contributed by atoms with Crippen LogP contribution in [-0.4, -0.2) is 36.7 Å². The van der Waals surface area contributed by atoms with Crippen molar-refractivity contribution in [3.05, 3.63) is 128 Å². The van der Waals surface area contributed by atoms with Crippen LogP contribution in [0.3, 0.4) is 0 Å². The molecule has 1 heterocycles. The fourth-order valence-electron chi connectivity index (χ4n) is 4.45. The van der Waals surface area contributed by atoms with Gasteiger partial charge in [0, 0.05) is 38.2 Å². The molecule has 204 valence electrons. The zero-order valence-electron chi connectivity index (χ0n) is 21.7. The number of esters is 2. The van der Waals surface area contributed by atoms with Crippen LogP contribution in [0.15, 0.2) is 101 Å². The fourth-order valence-corrected chi connectivity index (χ4v) is 4.96. The summed E-state index contributed by atoms with van der Waals surface area (Å²) < 4.78 is 10.5. The predicted molar refractivity (Wildman–Crippen MR) is 151 cm³/mol. The number of ketones is 2. The van der Waals surface area contributed by atoms with E-state index in [1.54, 1.807) is 86.6 Å². The molecule has 3 aromatic carbocycles. The number of ether oxygens (including phenoxy) is 2. The van der Waals surface area contributed by atoms with Crippen molar-refractivity contribution in [1.82, 2.24) is 5.32 Å². The van der Waals surface area contributed by atoms with Gasteiger partial charge in [-0.1, -0.05) is 89.9 Å². The van der Waals surface area contributed by atoms with E-state index in [9.17, 15) is 19.2 Å². The Kier molecular flexibility index (Phi) is 9.19. The number of hydrogen-bond donors (Lipinski definition) is 1. The van der Waals surface area contributed by atoms with Crippen molar-refractivity contribution in [2.24, 2.45) is 0 Å². The SMILES string of the molecule is CCOC(=O)C1=C(C(=O)c2ccccc2)C(c2ccc(Cl)cc2Cl)C(C(=O)c2ccccc2)=C(C(=O)OCC)N1. The first-order valence-electron chi connectivity index (χ1n) is 12.5. The topological polar surface area (TPSA) is 98.8 Å². The van der Waals surface area contributed by atoms with Crippen LogP contribution < -0.4 is 5.32 Å². The molecule has 1 aliphatic heterocycles. The smallest absolute Gasteiger partial charge is 0.355 e. The number of nitrogens with one attached hydrogen (secondary N) is 1. The van der Waals surface area contributed by atoms with Gasteiger partial charge in [-0.2, -0.15) is 0 Å². The first-order chi connectivity index (χ1) is 19.3. The molecule has 0 aromatic heterocycles. The van der Waals surface area contributed by atoms with E-state index in [1.165, 1.54) is 6.07 Å². The first-order valence-corrected chi connectivity index (χ1v) is 13.3. The van der Waals surface area contributed by atoms with Crippen LogP contribution in [0.4, 0.5) is 0 Å². The Morgan fingerprint density at radius 3 is 1.55 bits per heavy atom. The summed E-state index contributed by atoms with van der Waals surface area (Å²) in [5.41, 5.74) is -0.0135. The molecule has 0 saturated heterocycles. The lowest BCUT2D eigenvalue weighted by atomic mass is 9.75. The van der Waals surface area contributed by atoms with Crippen LogP contribution in [0.2, 0.25) is 10.0 Å². The molecule has 0 atom stereocenters. The molecular weight excluding hydrogens is 553 g/mol. The molecule has 0 amide bonds. The molecule has 1 aliphatic rings. The van der Waals surface area contributed by atoms with Gasteiger partial charge < -0.3 is 14.8 Å². The molecule has 4 rings (SSSR count). The van der Waals surface area contributed by atoms with E-state index in [4.69, 9.17) is 32.7 Å². The molecule has 0 unspecified atom stereocenters. The normalized spacial score (nSPS) is 13.5. The van der Waals surface area contributed by atoms with Crippen molar-refractivity contribution < 1.29 is 28.7 Å². The van der Waals surface area contributed by atoms with Crippen LogP contribution in [0.1, 0.15) is 46.0 Å². The maximum absolute atomic E-state index is 14.2. The zero-order chi connectivity index (χ0) is 28.8. The zero-order valence-corrected chi connectivity index (χ0v) is 23.2. The van der Waals surface area contributed by atoms with Crippen molar-refractivity contribution in [3.63, 3.8) is 0 Å². The summed E-state index contributed by atoms with van der Waals surface area (Å²) in [4.78, 5) is 55.0. The predicted octanol–water partition coefficient (Wildman–Crippen LogP) is 6.08. The van der Waals surface area contributed by atoms with Crippen molar-refractivity contribution in [3.8, 4) is 0 Å². The van der Waals surface area contributed by atoms with E-state index in [0.29, 0.717) is 5.02 Å². The molecule has 0 bridgehead atoms. The molecule has 0 spiro atoms. The Balaban J connectivity index is 2.10. The highest BCUT2D eigenvalue weighted by molar-refractivity contribution is 6.35. The number of benzene rings is 3. The lowest BCUT2D eigenvalue weighted by Gasteiger charge is -2.32. The number of halogens is 2. The van der Waals surface area contributed by atoms with Crippen molar-refractivity contribution in [2.75, 3.05) is 13.2 Å². The Hall–Kier alpha value is -4.20. The molecule has 1 N–H and O–H groups in total. The standard InChI is InChI=1S/C31H25Cl2NO6/c1-3-39-30(37)26-24(28(35)18-11-7-5-8-12-18)23(21-16-15-20(32)17-22(21)33)25(27(34-26)31(38)40-4-2)29(36)19-13-9-6-10-14-19/h5-17,23,34H,3-4H2,1-2H3. The second kappa shape index (κ2) is 12.8. The molecule has 9 heteroatoms. The van der Waals surface area contributed by atoms with Gasteiger partial charge in [-0.15, -0.1) is 0 Å². The van der Waals surface area contributed by atoms with Crippen LogP contribution in [-0.2, 0) is 19.1 Å². The lowest BCUT2D eigenvalue weighted by molar-refractivity contribution is -0.139. The summed E-state index contributed by atoms with van der Waals surface area (Å²) in [5, 5.41) is 3.20. The van der Waals surface area contributed by atoms with E-state index in [2.05, 4.69) is 5.32 Å². The van der Waals surface area contributed by atoms with Gasteiger partial charge in [0.1, 0.15) is 11.4 Å². The highest BCUT2D eigenvalue weighted by atomic mass is 35.5. The fraction of sp³-hybridized carbons (Fsp3) is 0.161. The number of carbonyl (C=O) groups is 4. The largest absolute Gasteiger partial charge is 0.461 e. The van der Waals surface area contributed by atoms with Crippen molar-refractivity contribution >= 4 is 46.7 Å². The van der Waals surface area contributed by atoms with E-state index < -0.39 is 29.4 Å². The Bertz CT molecular complexity index is 1440. The third-order valence-electron chi connectivity index (χ3n) is 6.16. The quantitative estimate of drug-likeness (QED) is 0.243. The third kappa shape index (κ3) is 5.86. The summed E-state index contributed by atoms with van der Waals surface area (Å²) in [6, 6.07) is 21.1. The summed E-state index contributed by atoms with van der Waals surface area (Å²) in [7, 11) is 0. The Morgan fingerprint density at radius 1 is 0.700 bits per heavy atom. The second-order valence-electron chi connectivity index (χ2n) is 8.63. The van der Waals surface area contributed by atoms with Gasteiger partial charge in [0.15, 0.2) is 11.6 Å². The molecule has 7 nitrogen and oxygen atoms in total. The minimum Gasteiger partial charge on any atom is -0.461 e. The van der Waals surface area contributed by atoms with Gasteiger partial charge in [0.25, 0.3) is 0 Å². The molecular formula is C31H25Cl2NO6. The number of allylic oxidation sites excluding steroid dienone is 2. The van der Waals surface area contributed by atoms with Crippen LogP contribution in [0.25, 0.3) is 0 Å². The summed E-state index contributed by atoms with van der Waals surface area (Å²) in [6.07, 6.45) is 0. The molecule has 0 radical (unpaired) electrons. The Morgan fingerprint density at radius 2 is 1.15 bits per heavy atom. The van der Waals surface area contributed by atoms with E-state index >= 15 is 0 Å². The van der Waals surface area contributed by atoms with E-state index in [-0.39, 0.29) is 57.5 Å². The van der Waals surface area contributed by atoms with Gasteiger partial charge >= 0.3 is 11.9 Å². The minimum absolute atomic E-state index is 0.00253. The van der Waals surface area contributed by atoms with Gasteiger partial charge in [-0.05, 0) is 31.5 Å². The van der Waals surface area contributed by atoms with Crippen LogP contribution >= 0.6 is 23.2 Å². The Labute approximate surface area is 241 Å². The number of dihydropyridines is 1. The average molecular weight is 578 g/mol. The minimum atomic E-state index is -1.26. The highest BCUT2D eigenvalue weighted by Gasteiger charge is 2.44. The van der Waals surface area contributed by atoms with Crippen LogP contribution in [0.5, 0.6) is 0 Å².